The van der Waals surface area contributed by atoms with Crippen LogP contribution in [0.2, 0.25) is 0 Å². The molecule has 10 aromatic rings. The maximum Gasteiger partial charge on any atom is 0.136 e. The summed E-state index contributed by atoms with van der Waals surface area (Å²) in [5.74, 6) is 0. The van der Waals surface area contributed by atoms with Gasteiger partial charge >= 0.3 is 0 Å². The van der Waals surface area contributed by atoms with Crippen LogP contribution in [0.15, 0.2) is 162 Å². The molecule has 0 fully saturated rings. The predicted molar refractivity (Wildman–Crippen MR) is 198 cm³/mol. The van der Waals surface area contributed by atoms with Gasteiger partial charge in [0.25, 0.3) is 0 Å². The Kier molecular flexibility index (Phi) is 5.51. The van der Waals surface area contributed by atoms with E-state index in [0.717, 1.165) is 27.5 Å². The van der Waals surface area contributed by atoms with Crippen LogP contribution < -0.4 is 0 Å². The van der Waals surface area contributed by atoms with Crippen LogP contribution in [0.1, 0.15) is 0 Å². The summed E-state index contributed by atoms with van der Waals surface area (Å²) in [5, 5.41) is 11.1. The van der Waals surface area contributed by atoms with E-state index in [-0.39, 0.29) is 0 Å². The van der Waals surface area contributed by atoms with Gasteiger partial charge in [0, 0.05) is 20.3 Å². The Morgan fingerprint density at radius 2 is 1.00 bits per heavy atom. The van der Waals surface area contributed by atoms with Crippen LogP contribution in [0.25, 0.3) is 97.0 Å². The molecule has 0 radical (unpaired) electrons. The van der Waals surface area contributed by atoms with Crippen LogP contribution in [-0.2, 0) is 0 Å². The number of thiophene rings is 1. The molecule has 2 aromatic heterocycles. The molecule has 0 bridgehead atoms. The maximum atomic E-state index is 6.61. The van der Waals surface area contributed by atoms with E-state index < -0.39 is 0 Å². The van der Waals surface area contributed by atoms with Gasteiger partial charge in [0.05, 0.1) is 0 Å². The average Bonchev–Trinajstić information content (AvgIpc) is 3.69. The molecule has 46 heavy (non-hydrogen) atoms. The molecule has 0 aliphatic carbocycles. The third-order valence-corrected chi connectivity index (χ3v) is 10.6. The van der Waals surface area contributed by atoms with Gasteiger partial charge in [-0.2, -0.15) is 0 Å². The van der Waals surface area contributed by atoms with Gasteiger partial charge < -0.3 is 4.42 Å². The molecular weight excluding hydrogens is 577 g/mol. The van der Waals surface area contributed by atoms with Crippen molar-refractivity contribution in [1.82, 2.24) is 0 Å². The predicted octanol–water partition coefficient (Wildman–Crippen LogP) is 13.3. The molecule has 0 saturated heterocycles. The highest BCUT2D eigenvalue weighted by molar-refractivity contribution is 7.22. The van der Waals surface area contributed by atoms with Crippen LogP contribution in [-0.4, -0.2) is 0 Å². The average molecular weight is 603 g/mol. The van der Waals surface area contributed by atoms with E-state index in [9.17, 15) is 0 Å². The Balaban J connectivity index is 1.20. The summed E-state index contributed by atoms with van der Waals surface area (Å²) in [7, 11) is 0. The summed E-state index contributed by atoms with van der Waals surface area (Å²) in [6.45, 7) is 0. The van der Waals surface area contributed by atoms with Crippen molar-refractivity contribution in [2.75, 3.05) is 0 Å². The number of rotatable bonds is 3. The second kappa shape index (κ2) is 9.90. The lowest BCUT2D eigenvalue weighted by Gasteiger charge is -2.18. The lowest BCUT2D eigenvalue weighted by atomic mass is 9.84. The minimum Gasteiger partial charge on any atom is -0.456 e. The van der Waals surface area contributed by atoms with Crippen molar-refractivity contribution in [2.45, 2.75) is 0 Å². The van der Waals surface area contributed by atoms with Crippen LogP contribution >= 0.6 is 11.3 Å². The summed E-state index contributed by atoms with van der Waals surface area (Å²) in [5.41, 5.74) is 8.05. The first kappa shape index (κ1) is 25.6. The largest absolute Gasteiger partial charge is 0.456 e. The minimum atomic E-state index is 0.916. The molecule has 214 valence electrons. The molecule has 0 atom stereocenters. The molecule has 0 saturated carbocycles. The van der Waals surface area contributed by atoms with Crippen LogP contribution in [0.4, 0.5) is 0 Å². The van der Waals surface area contributed by atoms with Crippen molar-refractivity contribution in [3.05, 3.63) is 158 Å². The molecule has 0 amide bonds. The van der Waals surface area contributed by atoms with Crippen molar-refractivity contribution < 1.29 is 4.42 Å². The smallest absolute Gasteiger partial charge is 0.136 e. The highest BCUT2D eigenvalue weighted by Gasteiger charge is 2.19. The monoisotopic (exact) mass is 602 g/mol. The Bertz CT molecular complexity index is 2740. The molecule has 10 rings (SSSR count). The molecule has 8 aromatic carbocycles. The molecule has 0 aliphatic heterocycles. The van der Waals surface area contributed by atoms with Crippen molar-refractivity contribution in [2.24, 2.45) is 0 Å². The fourth-order valence-electron chi connectivity index (χ4n) is 7.38. The van der Waals surface area contributed by atoms with E-state index in [1.165, 1.54) is 69.5 Å². The van der Waals surface area contributed by atoms with Gasteiger partial charge in [0.2, 0.25) is 0 Å². The zero-order valence-electron chi connectivity index (χ0n) is 24.8. The van der Waals surface area contributed by atoms with E-state index >= 15 is 0 Å². The first-order chi connectivity index (χ1) is 22.8. The normalized spacial score (nSPS) is 11.9. The first-order valence-electron chi connectivity index (χ1n) is 15.7. The molecule has 2 heteroatoms. The second-order valence-electron chi connectivity index (χ2n) is 12.0. The van der Waals surface area contributed by atoms with Gasteiger partial charge in [-0.1, -0.05) is 127 Å². The topological polar surface area (TPSA) is 13.1 Å². The van der Waals surface area contributed by atoms with Crippen LogP contribution in [0, 0.1) is 0 Å². The third-order valence-electron chi connectivity index (χ3n) is 9.45. The number of hydrogen-bond donors (Lipinski definition) is 0. The van der Waals surface area contributed by atoms with Crippen molar-refractivity contribution in [1.29, 1.82) is 0 Å². The zero-order valence-corrected chi connectivity index (χ0v) is 25.6. The molecule has 2 heterocycles. The minimum absolute atomic E-state index is 0.916. The van der Waals surface area contributed by atoms with E-state index in [4.69, 9.17) is 4.42 Å². The SMILES string of the molecule is c1ccc(-c2cc3cc4oc5cc(-c6c7ccccc7c(-c7cccc8ccccc78)c7ccccc67)ccc5c4cc3s2)cc1. The standard InChI is InChI=1S/C44H26OS/c1-2-12-28(13-3-1)41-25-30-24-40-38(26-42(30)46-41)32-22-21-29(23-39(32)45-40)43-34-16-6-8-18-36(34)44(37-19-9-7-17-35(37)43)33-20-10-14-27-11-4-5-15-31(27)33/h1-26H. The van der Waals surface area contributed by atoms with Gasteiger partial charge in [0.1, 0.15) is 11.2 Å². The molecule has 0 N–H and O–H groups in total. The van der Waals surface area contributed by atoms with Gasteiger partial charge in [-0.3, -0.25) is 0 Å². The summed E-state index contributed by atoms with van der Waals surface area (Å²) < 4.78 is 7.88. The molecule has 1 nitrogen and oxygen atoms in total. The highest BCUT2D eigenvalue weighted by Crippen LogP contribution is 2.46. The number of fused-ring (bicyclic) bond motifs is 7. The molecule has 0 aliphatic rings. The summed E-state index contributed by atoms with van der Waals surface area (Å²) in [4.78, 5) is 1.28. The van der Waals surface area contributed by atoms with E-state index in [2.05, 4.69) is 158 Å². The first-order valence-corrected chi connectivity index (χ1v) is 16.5. The number of furan rings is 1. The highest BCUT2D eigenvalue weighted by atomic mass is 32.1. The van der Waals surface area contributed by atoms with Crippen molar-refractivity contribution in [3.63, 3.8) is 0 Å². The van der Waals surface area contributed by atoms with Crippen LogP contribution in [0.3, 0.4) is 0 Å². The Hall–Kier alpha value is -5.70. The molecule has 0 spiro atoms. The zero-order chi connectivity index (χ0) is 30.2. The molecule has 0 unspecified atom stereocenters. The van der Waals surface area contributed by atoms with E-state index in [1.54, 1.807) is 0 Å². The van der Waals surface area contributed by atoms with E-state index in [0.29, 0.717) is 0 Å². The lowest BCUT2D eigenvalue weighted by Crippen LogP contribution is -1.91. The number of hydrogen-bond acceptors (Lipinski definition) is 2. The Morgan fingerprint density at radius 1 is 0.370 bits per heavy atom. The second-order valence-corrected chi connectivity index (χ2v) is 13.1. The Labute approximate surface area is 269 Å². The van der Waals surface area contributed by atoms with Crippen LogP contribution in [0.5, 0.6) is 0 Å². The van der Waals surface area contributed by atoms with Crippen molar-refractivity contribution in [3.8, 4) is 32.7 Å². The quantitative estimate of drug-likeness (QED) is 0.183. The van der Waals surface area contributed by atoms with Gasteiger partial charge in [0.15, 0.2) is 0 Å². The number of benzene rings is 8. The fourth-order valence-corrected chi connectivity index (χ4v) is 8.47. The lowest BCUT2D eigenvalue weighted by molar-refractivity contribution is 0.669. The van der Waals surface area contributed by atoms with Gasteiger partial charge in [-0.05, 0) is 95.9 Å². The maximum absolute atomic E-state index is 6.61. The summed E-state index contributed by atoms with van der Waals surface area (Å²) in [6, 6.07) is 57.2. The summed E-state index contributed by atoms with van der Waals surface area (Å²) in [6.07, 6.45) is 0. The Morgan fingerprint density at radius 3 is 1.76 bits per heavy atom. The molecular formula is C44H26OS. The van der Waals surface area contributed by atoms with E-state index in [1.807, 2.05) is 11.3 Å². The van der Waals surface area contributed by atoms with Gasteiger partial charge in [-0.15, -0.1) is 11.3 Å². The van der Waals surface area contributed by atoms with Gasteiger partial charge in [-0.25, -0.2) is 0 Å². The third kappa shape index (κ3) is 3.81. The van der Waals surface area contributed by atoms with Crippen molar-refractivity contribution >= 4 is 75.7 Å². The fraction of sp³-hybridized carbons (Fsp3) is 0. The summed E-state index contributed by atoms with van der Waals surface area (Å²) >= 11 is 1.84.